The molecule has 1 aromatic heterocycles. The summed E-state index contributed by atoms with van der Waals surface area (Å²) in [6.45, 7) is 4.90. The fraction of sp³-hybridized carbons (Fsp3) is 0.346. The molecule has 3 aromatic rings. The highest BCUT2D eigenvalue weighted by atomic mass is 35.5. The van der Waals surface area contributed by atoms with Crippen molar-refractivity contribution < 1.29 is 14.2 Å². The summed E-state index contributed by atoms with van der Waals surface area (Å²) in [6, 6.07) is 11.3. The zero-order valence-corrected chi connectivity index (χ0v) is 20.4. The molecular formula is C26H25Cl2FN2O3. The van der Waals surface area contributed by atoms with Crippen molar-refractivity contribution in [2.24, 2.45) is 0 Å². The molecule has 34 heavy (non-hydrogen) atoms. The van der Waals surface area contributed by atoms with E-state index >= 15 is 4.39 Å². The maximum atomic E-state index is 15.3. The second kappa shape index (κ2) is 9.00. The highest BCUT2D eigenvalue weighted by molar-refractivity contribution is 6.35. The van der Waals surface area contributed by atoms with Crippen molar-refractivity contribution in [1.29, 1.82) is 0 Å². The van der Waals surface area contributed by atoms with Crippen LogP contribution in [-0.4, -0.2) is 39.8 Å². The molecule has 0 saturated carbocycles. The van der Waals surface area contributed by atoms with Gasteiger partial charge in [0, 0.05) is 64.0 Å². The predicted octanol–water partition coefficient (Wildman–Crippen LogP) is 5.01. The first-order valence-corrected chi connectivity index (χ1v) is 12.0. The summed E-state index contributed by atoms with van der Waals surface area (Å²) in [5, 5.41) is 11.2. The fourth-order valence-corrected chi connectivity index (χ4v) is 5.86. The quantitative estimate of drug-likeness (QED) is 0.544. The first-order valence-electron chi connectivity index (χ1n) is 11.3. The van der Waals surface area contributed by atoms with Gasteiger partial charge in [0.05, 0.1) is 12.1 Å². The van der Waals surface area contributed by atoms with E-state index < -0.39 is 11.9 Å². The molecule has 1 aliphatic carbocycles. The number of aliphatic hydroxyl groups is 1. The zero-order valence-electron chi connectivity index (χ0n) is 18.9. The summed E-state index contributed by atoms with van der Waals surface area (Å²) in [6.07, 6.45) is 0.462. The van der Waals surface area contributed by atoms with Crippen LogP contribution in [0.3, 0.4) is 0 Å². The summed E-state index contributed by atoms with van der Waals surface area (Å²) < 4.78 is 23.5. The Hall–Kier alpha value is -2.38. The standard InChI is InChI=1S/C26H25Cl2FN2O3/c1-14-7-19(33)8-15(2)31(14)17-3-4-25(23(29)11-17)34-26-21-9-16(27)10-22(28)20(21)12-24(26)30-6-5-18(32)13-30/h3-4,7-11,18,24,26,32H,5-6,12-13H2,1-2H3/t18-,24+,26+/m1/s1. The Labute approximate surface area is 207 Å². The highest BCUT2D eigenvalue weighted by Crippen LogP contribution is 2.43. The normalized spacial score (nSPS) is 22.2. The fourth-order valence-electron chi connectivity index (χ4n) is 5.28. The molecule has 3 atom stereocenters. The van der Waals surface area contributed by atoms with Crippen LogP contribution >= 0.6 is 23.2 Å². The number of β-amino-alcohol motifs (C(OH)–C–C–N with tert-alkyl or cyclic N) is 1. The van der Waals surface area contributed by atoms with Crippen molar-refractivity contribution in [3.8, 4) is 11.4 Å². The number of aliphatic hydroxyl groups excluding tert-OH is 1. The number of ether oxygens (including phenoxy) is 1. The van der Waals surface area contributed by atoms with E-state index in [1.807, 2.05) is 24.5 Å². The molecule has 1 fully saturated rings. The minimum Gasteiger partial charge on any atom is -0.481 e. The first-order chi connectivity index (χ1) is 16.2. The monoisotopic (exact) mass is 502 g/mol. The predicted molar refractivity (Wildman–Crippen MR) is 131 cm³/mol. The summed E-state index contributed by atoms with van der Waals surface area (Å²) in [5.74, 6) is -0.379. The highest BCUT2D eigenvalue weighted by Gasteiger charge is 2.42. The van der Waals surface area contributed by atoms with E-state index in [4.69, 9.17) is 27.9 Å². The van der Waals surface area contributed by atoms with E-state index in [-0.39, 0.29) is 23.3 Å². The van der Waals surface area contributed by atoms with Crippen LogP contribution in [0.5, 0.6) is 5.75 Å². The number of nitrogens with zero attached hydrogens (tertiary/aromatic N) is 2. The van der Waals surface area contributed by atoms with Gasteiger partial charge in [0.15, 0.2) is 17.0 Å². The first kappa shape index (κ1) is 23.4. The van der Waals surface area contributed by atoms with Gasteiger partial charge >= 0.3 is 0 Å². The third-order valence-electron chi connectivity index (χ3n) is 6.76. The van der Waals surface area contributed by atoms with Crippen LogP contribution in [0.2, 0.25) is 10.0 Å². The number of aromatic nitrogens is 1. The number of fused-ring (bicyclic) bond motifs is 1. The van der Waals surface area contributed by atoms with Gasteiger partial charge < -0.3 is 14.4 Å². The van der Waals surface area contributed by atoms with E-state index in [2.05, 4.69) is 4.90 Å². The van der Waals surface area contributed by atoms with Crippen LogP contribution in [0.4, 0.5) is 4.39 Å². The van der Waals surface area contributed by atoms with E-state index in [9.17, 15) is 9.90 Å². The van der Waals surface area contributed by atoms with Gasteiger partial charge in [-0.3, -0.25) is 9.69 Å². The Bertz CT molecular complexity index is 1300. The Morgan fingerprint density at radius 1 is 1.09 bits per heavy atom. The Kier molecular flexibility index (Phi) is 6.19. The maximum absolute atomic E-state index is 15.3. The van der Waals surface area contributed by atoms with E-state index in [0.717, 1.165) is 29.1 Å². The molecule has 0 radical (unpaired) electrons. The SMILES string of the molecule is Cc1cc(=O)cc(C)n1-c1ccc(O[C@H]2c3cc(Cl)cc(Cl)c3C[C@@H]2N2CC[C@@H](O)C2)c(F)c1. The molecule has 0 unspecified atom stereocenters. The molecule has 0 bridgehead atoms. The second-order valence-corrected chi connectivity index (χ2v) is 9.97. The number of aryl methyl sites for hydroxylation is 2. The largest absolute Gasteiger partial charge is 0.481 e. The van der Waals surface area contributed by atoms with E-state index in [1.165, 1.54) is 18.2 Å². The molecule has 8 heteroatoms. The van der Waals surface area contributed by atoms with Crippen molar-refractivity contribution in [3.63, 3.8) is 0 Å². The molecule has 2 aromatic carbocycles. The number of halogens is 3. The minimum absolute atomic E-state index is 0.0815. The van der Waals surface area contributed by atoms with Crippen LogP contribution in [0.25, 0.3) is 5.69 Å². The maximum Gasteiger partial charge on any atom is 0.182 e. The van der Waals surface area contributed by atoms with Crippen molar-refractivity contribution in [3.05, 3.63) is 91.1 Å². The lowest BCUT2D eigenvalue weighted by atomic mass is 10.1. The van der Waals surface area contributed by atoms with Gasteiger partial charge in [-0.05, 0) is 56.5 Å². The van der Waals surface area contributed by atoms with Gasteiger partial charge in [-0.1, -0.05) is 23.2 Å². The van der Waals surface area contributed by atoms with Crippen LogP contribution in [0.15, 0.2) is 47.3 Å². The third kappa shape index (κ3) is 4.24. The van der Waals surface area contributed by atoms with Gasteiger partial charge in [-0.15, -0.1) is 0 Å². The molecule has 2 heterocycles. The number of benzene rings is 2. The lowest BCUT2D eigenvalue weighted by Crippen LogP contribution is -2.39. The summed E-state index contributed by atoms with van der Waals surface area (Å²) >= 11 is 12.8. The molecule has 5 rings (SSSR count). The molecule has 0 spiro atoms. The van der Waals surface area contributed by atoms with Gasteiger partial charge in [-0.2, -0.15) is 0 Å². The second-order valence-electron chi connectivity index (χ2n) is 9.13. The Morgan fingerprint density at radius 2 is 1.82 bits per heavy atom. The number of likely N-dealkylation sites (tertiary alicyclic amines) is 1. The molecule has 2 aliphatic rings. The zero-order chi connectivity index (χ0) is 24.1. The average molecular weight is 503 g/mol. The van der Waals surface area contributed by atoms with Crippen LogP contribution < -0.4 is 10.2 Å². The van der Waals surface area contributed by atoms with Gasteiger partial charge in [-0.25, -0.2) is 4.39 Å². The molecule has 1 N–H and O–H groups in total. The van der Waals surface area contributed by atoms with Gasteiger partial charge in [0.25, 0.3) is 0 Å². The van der Waals surface area contributed by atoms with Crippen LogP contribution in [-0.2, 0) is 6.42 Å². The van der Waals surface area contributed by atoms with Crippen molar-refractivity contribution in [1.82, 2.24) is 9.47 Å². The third-order valence-corrected chi connectivity index (χ3v) is 7.32. The average Bonchev–Trinajstić information content (AvgIpc) is 3.33. The Morgan fingerprint density at radius 3 is 2.47 bits per heavy atom. The molecule has 1 aliphatic heterocycles. The summed E-state index contributed by atoms with van der Waals surface area (Å²) in [5.41, 5.74) is 3.76. The van der Waals surface area contributed by atoms with E-state index in [0.29, 0.717) is 35.1 Å². The van der Waals surface area contributed by atoms with Crippen LogP contribution in [0.1, 0.15) is 35.0 Å². The topological polar surface area (TPSA) is 54.7 Å². The lowest BCUT2D eigenvalue weighted by Gasteiger charge is -2.30. The number of hydrogen-bond acceptors (Lipinski definition) is 4. The number of pyridine rings is 1. The smallest absolute Gasteiger partial charge is 0.182 e. The molecule has 0 amide bonds. The van der Waals surface area contributed by atoms with Crippen molar-refractivity contribution in [2.75, 3.05) is 13.1 Å². The van der Waals surface area contributed by atoms with Crippen LogP contribution in [0, 0.1) is 19.7 Å². The number of rotatable bonds is 4. The molecular weight excluding hydrogens is 478 g/mol. The molecule has 1 saturated heterocycles. The van der Waals surface area contributed by atoms with Crippen molar-refractivity contribution >= 4 is 23.2 Å². The summed E-state index contributed by atoms with van der Waals surface area (Å²) in [7, 11) is 0. The minimum atomic E-state index is -0.503. The van der Waals surface area contributed by atoms with Crippen molar-refractivity contribution in [2.45, 2.75) is 44.9 Å². The Balaban J connectivity index is 1.50. The lowest BCUT2D eigenvalue weighted by molar-refractivity contribution is 0.0790. The van der Waals surface area contributed by atoms with Gasteiger partial charge in [0.1, 0.15) is 6.10 Å². The van der Waals surface area contributed by atoms with Gasteiger partial charge in [0.2, 0.25) is 0 Å². The van der Waals surface area contributed by atoms with E-state index in [1.54, 1.807) is 18.2 Å². The molecule has 5 nitrogen and oxygen atoms in total. The molecule has 178 valence electrons. The number of hydrogen-bond donors (Lipinski definition) is 1. The summed E-state index contributed by atoms with van der Waals surface area (Å²) in [4.78, 5) is 14.0.